The third kappa shape index (κ3) is 1.85. The Hall–Kier alpha value is -2.37. The van der Waals surface area contributed by atoms with E-state index in [1.807, 2.05) is 19.2 Å². The van der Waals surface area contributed by atoms with Crippen molar-refractivity contribution in [3.8, 4) is 0 Å². The number of fused-ring (bicyclic) bond motifs is 1. The van der Waals surface area contributed by atoms with Gasteiger partial charge < -0.3 is 5.73 Å². The first-order valence-corrected chi connectivity index (χ1v) is 6.12. The van der Waals surface area contributed by atoms with Crippen molar-refractivity contribution in [2.75, 3.05) is 5.73 Å². The van der Waals surface area contributed by atoms with Crippen LogP contribution in [0, 0.1) is 0 Å². The average molecular weight is 258 g/mol. The summed E-state index contributed by atoms with van der Waals surface area (Å²) in [5.74, 6) is -0.886. The van der Waals surface area contributed by atoms with Crippen LogP contribution in [0.2, 0.25) is 0 Å². The zero-order valence-corrected chi connectivity index (χ0v) is 10.5. The van der Waals surface area contributed by atoms with E-state index >= 15 is 0 Å². The normalized spacial score (nSPS) is 19.7. The number of aromatic nitrogens is 2. The molecule has 0 radical (unpaired) electrons. The van der Waals surface area contributed by atoms with E-state index in [-0.39, 0.29) is 17.7 Å². The molecule has 6 heteroatoms. The predicted molar refractivity (Wildman–Crippen MR) is 70.3 cm³/mol. The number of nitrogen functional groups attached to an aromatic ring is 1. The van der Waals surface area contributed by atoms with Gasteiger partial charge in [-0.1, -0.05) is 0 Å². The van der Waals surface area contributed by atoms with Crippen LogP contribution >= 0.6 is 0 Å². The van der Waals surface area contributed by atoms with Crippen molar-refractivity contribution in [2.45, 2.75) is 18.8 Å². The van der Waals surface area contributed by atoms with Crippen molar-refractivity contribution < 1.29 is 9.59 Å². The van der Waals surface area contributed by atoms with Gasteiger partial charge in [-0.3, -0.25) is 19.6 Å². The van der Waals surface area contributed by atoms with E-state index in [4.69, 9.17) is 5.73 Å². The molecule has 19 heavy (non-hydrogen) atoms. The second-order valence-corrected chi connectivity index (χ2v) is 4.79. The molecule has 1 aromatic carbocycles. The van der Waals surface area contributed by atoms with Crippen LogP contribution in [0.15, 0.2) is 18.2 Å². The summed E-state index contributed by atoms with van der Waals surface area (Å²) in [6.07, 6.45) is 0.836. The van der Waals surface area contributed by atoms with Crippen LogP contribution in [-0.2, 0) is 16.6 Å². The lowest BCUT2D eigenvalue weighted by molar-refractivity contribution is -0.134. The third-order valence-corrected chi connectivity index (χ3v) is 3.47. The predicted octanol–water partition coefficient (Wildman–Crippen LogP) is 0.676. The van der Waals surface area contributed by atoms with Crippen LogP contribution in [0.3, 0.4) is 0 Å². The van der Waals surface area contributed by atoms with Crippen LogP contribution in [0.5, 0.6) is 0 Å². The minimum Gasteiger partial charge on any atom is -0.399 e. The molecule has 6 nitrogen and oxygen atoms in total. The van der Waals surface area contributed by atoms with Gasteiger partial charge in [0.05, 0.1) is 17.1 Å². The first-order chi connectivity index (χ1) is 9.06. The van der Waals surface area contributed by atoms with Gasteiger partial charge in [0.15, 0.2) is 0 Å². The van der Waals surface area contributed by atoms with Crippen LogP contribution in [0.1, 0.15) is 24.5 Å². The zero-order chi connectivity index (χ0) is 13.6. The molecule has 2 amide bonds. The van der Waals surface area contributed by atoms with Gasteiger partial charge in [0, 0.05) is 24.5 Å². The molecule has 0 bridgehead atoms. The maximum atomic E-state index is 11.9. The molecule has 2 aromatic rings. The molecule has 0 spiro atoms. The van der Waals surface area contributed by atoms with Crippen LogP contribution in [0.4, 0.5) is 5.69 Å². The molecule has 98 valence electrons. The van der Waals surface area contributed by atoms with E-state index in [1.54, 1.807) is 10.7 Å². The second-order valence-electron chi connectivity index (χ2n) is 4.79. The van der Waals surface area contributed by atoms with E-state index in [9.17, 15) is 9.59 Å². The summed E-state index contributed by atoms with van der Waals surface area (Å²) in [4.78, 5) is 23.1. The van der Waals surface area contributed by atoms with Gasteiger partial charge in [0.2, 0.25) is 11.8 Å². The molecular formula is C13H14N4O2. The number of benzene rings is 1. The molecule has 1 aliphatic rings. The average Bonchev–Trinajstić information content (AvgIpc) is 2.66. The van der Waals surface area contributed by atoms with Crippen molar-refractivity contribution in [1.29, 1.82) is 0 Å². The SMILES string of the molecule is Cn1nc(C2CCC(=O)NC2=O)c2cc(N)ccc21. The first-order valence-electron chi connectivity index (χ1n) is 6.12. The largest absolute Gasteiger partial charge is 0.399 e. The topological polar surface area (TPSA) is 90.0 Å². The maximum absolute atomic E-state index is 11.9. The summed E-state index contributed by atoms with van der Waals surface area (Å²) in [5, 5.41) is 7.65. The highest BCUT2D eigenvalue weighted by molar-refractivity contribution is 6.02. The van der Waals surface area contributed by atoms with Gasteiger partial charge in [-0.05, 0) is 24.6 Å². The Bertz CT molecular complexity index is 689. The van der Waals surface area contributed by atoms with Crippen molar-refractivity contribution in [2.24, 2.45) is 7.05 Å². The van der Waals surface area contributed by atoms with Gasteiger partial charge in [-0.25, -0.2) is 0 Å². The summed E-state index contributed by atoms with van der Waals surface area (Å²) in [7, 11) is 1.83. The number of imide groups is 1. The summed E-state index contributed by atoms with van der Waals surface area (Å²) < 4.78 is 1.73. The Balaban J connectivity index is 2.12. The number of nitrogens with one attached hydrogen (secondary N) is 1. The van der Waals surface area contributed by atoms with Crippen LogP contribution < -0.4 is 11.1 Å². The molecule has 1 aliphatic heterocycles. The number of rotatable bonds is 1. The number of hydrogen-bond acceptors (Lipinski definition) is 4. The molecule has 2 heterocycles. The Morgan fingerprint density at radius 3 is 2.95 bits per heavy atom. The Kier molecular flexibility index (Phi) is 2.51. The third-order valence-electron chi connectivity index (χ3n) is 3.47. The van der Waals surface area contributed by atoms with Gasteiger partial charge in [-0.2, -0.15) is 5.10 Å². The molecular weight excluding hydrogens is 244 g/mol. The fourth-order valence-electron chi connectivity index (χ4n) is 2.52. The van der Waals surface area contributed by atoms with E-state index in [0.29, 0.717) is 24.2 Å². The lowest BCUT2D eigenvalue weighted by atomic mass is 9.93. The summed E-state index contributed by atoms with van der Waals surface area (Å²) in [6.45, 7) is 0. The maximum Gasteiger partial charge on any atom is 0.235 e. The fraction of sp³-hybridized carbons (Fsp3) is 0.308. The van der Waals surface area contributed by atoms with Crippen molar-refractivity contribution in [3.63, 3.8) is 0 Å². The summed E-state index contributed by atoms with van der Waals surface area (Å²) in [6, 6.07) is 5.51. The summed E-state index contributed by atoms with van der Waals surface area (Å²) >= 11 is 0. The monoisotopic (exact) mass is 258 g/mol. The zero-order valence-electron chi connectivity index (χ0n) is 10.5. The van der Waals surface area contributed by atoms with E-state index in [1.165, 1.54) is 0 Å². The Labute approximate surface area is 109 Å². The number of hydrogen-bond donors (Lipinski definition) is 2. The number of carbonyl (C=O) groups is 2. The highest BCUT2D eigenvalue weighted by atomic mass is 16.2. The van der Waals surface area contributed by atoms with E-state index in [2.05, 4.69) is 10.4 Å². The number of nitrogens with zero attached hydrogens (tertiary/aromatic N) is 2. The molecule has 1 unspecified atom stereocenters. The van der Waals surface area contributed by atoms with Crippen molar-refractivity contribution in [1.82, 2.24) is 15.1 Å². The molecule has 1 saturated heterocycles. The van der Waals surface area contributed by atoms with E-state index in [0.717, 1.165) is 10.9 Å². The molecule has 0 aliphatic carbocycles. The number of carbonyl (C=O) groups excluding carboxylic acids is 2. The first kappa shape index (κ1) is 11.7. The van der Waals surface area contributed by atoms with Gasteiger partial charge >= 0.3 is 0 Å². The minimum atomic E-state index is -0.386. The molecule has 1 aromatic heterocycles. The highest BCUT2D eigenvalue weighted by Crippen LogP contribution is 2.30. The highest BCUT2D eigenvalue weighted by Gasteiger charge is 2.31. The lowest BCUT2D eigenvalue weighted by Crippen LogP contribution is -2.39. The summed E-state index contributed by atoms with van der Waals surface area (Å²) in [5.41, 5.74) is 8.04. The number of aryl methyl sites for hydroxylation is 1. The van der Waals surface area contributed by atoms with Crippen LogP contribution in [-0.4, -0.2) is 21.6 Å². The Morgan fingerprint density at radius 1 is 1.42 bits per heavy atom. The molecule has 3 rings (SSSR count). The molecule has 3 N–H and O–H groups in total. The van der Waals surface area contributed by atoms with Gasteiger partial charge in [0.1, 0.15) is 0 Å². The standard InChI is InChI=1S/C13H14N4O2/c1-17-10-4-2-7(14)6-9(10)12(16-17)8-3-5-11(18)15-13(8)19/h2,4,6,8H,3,5,14H2,1H3,(H,15,18,19). The van der Waals surface area contributed by atoms with E-state index < -0.39 is 0 Å². The van der Waals surface area contributed by atoms with Gasteiger partial charge in [-0.15, -0.1) is 0 Å². The number of piperidine rings is 1. The fourth-order valence-corrected chi connectivity index (χ4v) is 2.52. The molecule has 0 saturated carbocycles. The smallest absolute Gasteiger partial charge is 0.235 e. The van der Waals surface area contributed by atoms with Gasteiger partial charge in [0.25, 0.3) is 0 Å². The molecule has 1 atom stereocenters. The quantitative estimate of drug-likeness (QED) is 0.581. The molecule has 1 fully saturated rings. The number of anilines is 1. The van der Waals surface area contributed by atoms with Crippen molar-refractivity contribution >= 4 is 28.4 Å². The number of nitrogens with two attached hydrogens (primary N) is 1. The Morgan fingerprint density at radius 2 is 2.21 bits per heavy atom. The van der Waals surface area contributed by atoms with Crippen molar-refractivity contribution in [3.05, 3.63) is 23.9 Å². The lowest BCUT2D eigenvalue weighted by Gasteiger charge is -2.19. The second kappa shape index (κ2) is 4.08. The van der Waals surface area contributed by atoms with Crippen LogP contribution in [0.25, 0.3) is 10.9 Å². The minimum absolute atomic E-state index is 0.221. The number of amides is 2.